The minimum Gasteiger partial charge on any atom is -0.469 e. The van der Waals surface area contributed by atoms with Crippen LogP contribution in [0.2, 0.25) is 0 Å². The summed E-state index contributed by atoms with van der Waals surface area (Å²) in [4.78, 5) is 0. The van der Waals surface area contributed by atoms with Crippen LogP contribution in [0.5, 0.6) is 0 Å². The number of hydrogen-bond donors (Lipinski definition) is 2. The quantitative estimate of drug-likeness (QED) is 0.830. The van der Waals surface area contributed by atoms with Crippen LogP contribution in [0.3, 0.4) is 0 Å². The summed E-state index contributed by atoms with van der Waals surface area (Å²) in [6, 6.07) is 4.36. The maximum atomic E-state index is 10.5. The molecule has 19 heavy (non-hydrogen) atoms. The van der Waals surface area contributed by atoms with Gasteiger partial charge in [-0.1, -0.05) is 6.92 Å². The zero-order valence-electron chi connectivity index (χ0n) is 12.2. The Hall–Kier alpha value is -0.800. The van der Waals surface area contributed by atoms with Gasteiger partial charge in [0.1, 0.15) is 5.76 Å². The average molecular weight is 265 g/mol. The van der Waals surface area contributed by atoms with E-state index >= 15 is 0 Å². The van der Waals surface area contributed by atoms with Crippen molar-refractivity contribution in [3.63, 3.8) is 0 Å². The second kappa shape index (κ2) is 6.58. The van der Waals surface area contributed by atoms with Crippen molar-refractivity contribution >= 4 is 0 Å². The summed E-state index contributed by atoms with van der Waals surface area (Å²) in [5.41, 5.74) is -0.481. The highest BCUT2D eigenvalue weighted by Crippen LogP contribution is 2.31. The molecule has 1 saturated carbocycles. The molecule has 3 heteroatoms. The number of nitrogens with one attached hydrogen (secondary N) is 1. The van der Waals surface area contributed by atoms with Crippen molar-refractivity contribution in [3.05, 3.63) is 24.2 Å². The van der Waals surface area contributed by atoms with Gasteiger partial charge in [-0.2, -0.15) is 0 Å². The van der Waals surface area contributed by atoms with Crippen molar-refractivity contribution in [1.82, 2.24) is 5.32 Å². The molecule has 2 N–H and O–H groups in total. The third-order valence-corrected chi connectivity index (χ3v) is 4.39. The molecule has 1 unspecified atom stereocenters. The Kier molecular flexibility index (Phi) is 5.06. The molecule has 0 spiro atoms. The maximum Gasteiger partial charge on any atom is 0.103 e. The first-order chi connectivity index (χ1) is 9.07. The van der Waals surface area contributed by atoms with Crippen molar-refractivity contribution in [2.24, 2.45) is 5.92 Å². The molecule has 3 nitrogen and oxygen atoms in total. The Bertz CT molecular complexity index is 353. The van der Waals surface area contributed by atoms with Gasteiger partial charge in [-0.05, 0) is 57.1 Å². The minimum atomic E-state index is -0.481. The SMILES string of the molecule is CC1CCC(O)(CNC(C)CCc2ccco2)CC1. The van der Waals surface area contributed by atoms with Crippen molar-refractivity contribution in [3.8, 4) is 0 Å². The molecule has 108 valence electrons. The lowest BCUT2D eigenvalue weighted by atomic mass is 9.79. The first-order valence-corrected chi connectivity index (χ1v) is 7.55. The zero-order chi connectivity index (χ0) is 13.7. The van der Waals surface area contributed by atoms with E-state index in [4.69, 9.17) is 4.42 Å². The monoisotopic (exact) mass is 265 g/mol. The van der Waals surface area contributed by atoms with Crippen molar-refractivity contribution in [1.29, 1.82) is 0 Å². The third-order valence-electron chi connectivity index (χ3n) is 4.39. The van der Waals surface area contributed by atoms with E-state index in [1.807, 2.05) is 12.1 Å². The van der Waals surface area contributed by atoms with Gasteiger partial charge in [0.25, 0.3) is 0 Å². The standard InChI is InChI=1S/C16H27NO2/c1-13-7-9-16(18,10-8-13)12-17-14(2)5-6-15-4-3-11-19-15/h3-4,11,13-14,17-18H,5-10,12H2,1-2H3. The lowest BCUT2D eigenvalue weighted by Crippen LogP contribution is -2.45. The molecule has 1 heterocycles. The zero-order valence-corrected chi connectivity index (χ0v) is 12.2. The van der Waals surface area contributed by atoms with Gasteiger partial charge in [0.2, 0.25) is 0 Å². The molecule has 0 bridgehead atoms. The fourth-order valence-electron chi connectivity index (χ4n) is 2.76. The summed E-state index contributed by atoms with van der Waals surface area (Å²) in [6.07, 6.45) is 7.89. The van der Waals surface area contributed by atoms with Crippen LogP contribution < -0.4 is 5.32 Å². The molecular formula is C16H27NO2. The van der Waals surface area contributed by atoms with Crippen LogP contribution in [0.4, 0.5) is 0 Å². The molecule has 1 aliphatic carbocycles. The molecule has 1 fully saturated rings. The van der Waals surface area contributed by atoms with Gasteiger partial charge in [-0.15, -0.1) is 0 Å². The van der Waals surface area contributed by atoms with Crippen LogP contribution in [0.15, 0.2) is 22.8 Å². The van der Waals surface area contributed by atoms with E-state index in [1.165, 1.54) is 0 Å². The maximum absolute atomic E-state index is 10.5. The van der Waals surface area contributed by atoms with Crippen molar-refractivity contribution in [2.75, 3.05) is 6.54 Å². The fraction of sp³-hybridized carbons (Fsp3) is 0.750. The topological polar surface area (TPSA) is 45.4 Å². The number of hydrogen-bond acceptors (Lipinski definition) is 3. The van der Waals surface area contributed by atoms with Gasteiger partial charge in [-0.3, -0.25) is 0 Å². The molecule has 1 aliphatic rings. The number of aliphatic hydroxyl groups is 1. The van der Waals surface area contributed by atoms with Gasteiger partial charge in [0, 0.05) is 19.0 Å². The minimum absolute atomic E-state index is 0.411. The molecule has 1 atom stereocenters. The normalized spacial score (nSPS) is 29.3. The van der Waals surface area contributed by atoms with E-state index in [-0.39, 0.29) is 0 Å². The second-order valence-corrected chi connectivity index (χ2v) is 6.31. The first kappa shape index (κ1) is 14.6. The van der Waals surface area contributed by atoms with E-state index in [0.29, 0.717) is 6.04 Å². The Balaban J connectivity index is 1.66. The highest BCUT2D eigenvalue weighted by atomic mass is 16.3. The van der Waals surface area contributed by atoms with Crippen molar-refractivity contribution < 1.29 is 9.52 Å². The molecular weight excluding hydrogens is 238 g/mol. The smallest absolute Gasteiger partial charge is 0.103 e. The molecule has 0 saturated heterocycles. The predicted octanol–water partition coefficient (Wildman–Crippen LogP) is 3.13. The Morgan fingerprint density at radius 3 is 2.84 bits per heavy atom. The lowest BCUT2D eigenvalue weighted by Gasteiger charge is -2.36. The van der Waals surface area contributed by atoms with E-state index in [1.54, 1.807) is 6.26 Å². The molecule has 1 aromatic rings. The number of furan rings is 1. The van der Waals surface area contributed by atoms with Gasteiger partial charge < -0.3 is 14.8 Å². The van der Waals surface area contributed by atoms with Crippen LogP contribution in [0.25, 0.3) is 0 Å². The average Bonchev–Trinajstić information content (AvgIpc) is 2.91. The van der Waals surface area contributed by atoms with E-state index in [9.17, 15) is 5.11 Å². The number of aryl methyl sites for hydroxylation is 1. The van der Waals surface area contributed by atoms with E-state index in [0.717, 1.165) is 56.7 Å². The second-order valence-electron chi connectivity index (χ2n) is 6.31. The highest BCUT2D eigenvalue weighted by Gasteiger charge is 2.31. The summed E-state index contributed by atoms with van der Waals surface area (Å²) < 4.78 is 5.33. The summed E-state index contributed by atoms with van der Waals surface area (Å²) in [5, 5.41) is 14.0. The van der Waals surface area contributed by atoms with Crippen LogP contribution in [0, 0.1) is 5.92 Å². The lowest BCUT2D eigenvalue weighted by molar-refractivity contribution is -0.00795. The van der Waals surface area contributed by atoms with Crippen LogP contribution in [-0.4, -0.2) is 23.3 Å². The van der Waals surface area contributed by atoms with Gasteiger partial charge in [-0.25, -0.2) is 0 Å². The summed E-state index contributed by atoms with van der Waals surface area (Å²) in [5.74, 6) is 1.82. The van der Waals surface area contributed by atoms with Gasteiger partial charge in [0.05, 0.1) is 11.9 Å². The molecule has 0 amide bonds. The summed E-state index contributed by atoms with van der Waals surface area (Å²) >= 11 is 0. The summed E-state index contributed by atoms with van der Waals surface area (Å²) in [7, 11) is 0. The Labute approximate surface area is 116 Å². The number of rotatable bonds is 6. The Morgan fingerprint density at radius 2 is 2.21 bits per heavy atom. The van der Waals surface area contributed by atoms with E-state index < -0.39 is 5.60 Å². The molecule has 2 rings (SSSR count). The van der Waals surface area contributed by atoms with Crippen LogP contribution in [-0.2, 0) is 6.42 Å². The fourth-order valence-corrected chi connectivity index (χ4v) is 2.76. The third kappa shape index (κ3) is 4.66. The largest absolute Gasteiger partial charge is 0.469 e. The van der Waals surface area contributed by atoms with Gasteiger partial charge in [0.15, 0.2) is 0 Å². The molecule has 1 aromatic heterocycles. The first-order valence-electron chi connectivity index (χ1n) is 7.55. The molecule has 0 radical (unpaired) electrons. The summed E-state index contributed by atoms with van der Waals surface area (Å²) in [6.45, 7) is 5.18. The van der Waals surface area contributed by atoms with Crippen molar-refractivity contribution in [2.45, 2.75) is 64.0 Å². The highest BCUT2D eigenvalue weighted by molar-refractivity contribution is 4.98. The van der Waals surface area contributed by atoms with Crippen LogP contribution >= 0.6 is 0 Å². The molecule has 0 aliphatic heterocycles. The van der Waals surface area contributed by atoms with Crippen LogP contribution in [0.1, 0.15) is 51.7 Å². The van der Waals surface area contributed by atoms with E-state index in [2.05, 4.69) is 19.2 Å². The van der Waals surface area contributed by atoms with Gasteiger partial charge >= 0.3 is 0 Å². The Morgan fingerprint density at radius 1 is 1.47 bits per heavy atom. The molecule has 0 aromatic carbocycles. The predicted molar refractivity (Wildman–Crippen MR) is 77.1 cm³/mol.